The molecule has 0 aromatic heterocycles. The van der Waals surface area contributed by atoms with Crippen LogP contribution in [0.5, 0.6) is 0 Å². The van der Waals surface area contributed by atoms with Gasteiger partial charge in [0, 0.05) is 0 Å². The molecule has 1 aliphatic carbocycles. The van der Waals surface area contributed by atoms with E-state index in [1.54, 1.807) is 0 Å². The summed E-state index contributed by atoms with van der Waals surface area (Å²) in [5.74, 6) is 0. The fourth-order valence-electron chi connectivity index (χ4n) is 2.32. The number of ether oxygens (including phenoxy) is 1. The van der Waals surface area contributed by atoms with Gasteiger partial charge in [-0.05, 0) is 19.3 Å². The standard InChI is InChI=1S/C8H16OSi/c1-10(2,3)8-6-4-5-7(8)9-8/h7H,4-6H2,1-3H3. The van der Waals surface area contributed by atoms with Gasteiger partial charge in [0.15, 0.2) is 0 Å². The first-order valence-corrected chi connectivity index (χ1v) is 7.74. The molecule has 1 aliphatic heterocycles. The van der Waals surface area contributed by atoms with Crippen LogP contribution in [0.4, 0.5) is 0 Å². The van der Waals surface area contributed by atoms with Gasteiger partial charge in [-0.25, -0.2) is 0 Å². The second-order valence-electron chi connectivity index (χ2n) is 4.64. The van der Waals surface area contributed by atoms with E-state index in [4.69, 9.17) is 4.74 Å². The first-order chi connectivity index (χ1) is 4.56. The molecule has 0 N–H and O–H groups in total. The number of hydrogen-bond acceptors (Lipinski definition) is 1. The molecule has 1 heterocycles. The second kappa shape index (κ2) is 1.67. The molecule has 1 nitrogen and oxygen atoms in total. The molecular weight excluding hydrogens is 140 g/mol. The van der Waals surface area contributed by atoms with Crippen molar-refractivity contribution in [1.29, 1.82) is 0 Å². The van der Waals surface area contributed by atoms with E-state index in [9.17, 15) is 0 Å². The maximum Gasteiger partial charge on any atom is 0.0858 e. The molecule has 2 fully saturated rings. The van der Waals surface area contributed by atoms with Crippen molar-refractivity contribution < 1.29 is 4.74 Å². The lowest BCUT2D eigenvalue weighted by molar-refractivity contribution is 0.296. The smallest absolute Gasteiger partial charge is 0.0858 e. The molecule has 0 aromatic rings. The van der Waals surface area contributed by atoms with E-state index in [1.807, 2.05) is 0 Å². The van der Waals surface area contributed by atoms with Gasteiger partial charge in [0.1, 0.15) is 0 Å². The average Bonchev–Trinajstić information content (AvgIpc) is 2.36. The molecule has 0 radical (unpaired) electrons. The second-order valence-corrected chi connectivity index (χ2v) is 9.98. The van der Waals surface area contributed by atoms with Crippen molar-refractivity contribution in [3.63, 3.8) is 0 Å². The van der Waals surface area contributed by atoms with Gasteiger partial charge < -0.3 is 4.74 Å². The summed E-state index contributed by atoms with van der Waals surface area (Å²) in [7, 11) is -0.997. The summed E-state index contributed by atoms with van der Waals surface area (Å²) in [6.07, 6.45) is 4.78. The van der Waals surface area contributed by atoms with Crippen LogP contribution in [0.2, 0.25) is 19.6 Å². The highest BCUT2D eigenvalue weighted by molar-refractivity contribution is 6.79. The van der Waals surface area contributed by atoms with Gasteiger partial charge in [-0.15, -0.1) is 0 Å². The number of fused-ring (bicyclic) bond motifs is 1. The molecule has 58 valence electrons. The predicted octanol–water partition coefficient (Wildman–Crippen LogP) is 2.19. The minimum atomic E-state index is -0.997. The normalized spacial score (nSPS) is 45.3. The van der Waals surface area contributed by atoms with Crippen LogP contribution in [0, 0.1) is 0 Å². The zero-order valence-electron chi connectivity index (χ0n) is 7.11. The van der Waals surface area contributed by atoms with Crippen molar-refractivity contribution in [1.82, 2.24) is 0 Å². The van der Waals surface area contributed by atoms with Gasteiger partial charge in [-0.1, -0.05) is 19.6 Å². The lowest BCUT2D eigenvalue weighted by atomic mass is 10.4. The van der Waals surface area contributed by atoms with E-state index in [-0.39, 0.29) is 0 Å². The van der Waals surface area contributed by atoms with Crippen LogP contribution in [0.15, 0.2) is 0 Å². The quantitative estimate of drug-likeness (QED) is 0.419. The lowest BCUT2D eigenvalue weighted by Crippen LogP contribution is -2.41. The first kappa shape index (κ1) is 6.86. The maximum atomic E-state index is 5.77. The lowest BCUT2D eigenvalue weighted by Gasteiger charge is -2.23. The summed E-state index contributed by atoms with van der Waals surface area (Å²) in [5, 5.41) is 0.438. The summed E-state index contributed by atoms with van der Waals surface area (Å²) < 4.78 is 5.77. The van der Waals surface area contributed by atoms with Gasteiger partial charge in [0.2, 0.25) is 0 Å². The number of hydrogen-bond donors (Lipinski definition) is 0. The molecule has 10 heavy (non-hydrogen) atoms. The zero-order valence-corrected chi connectivity index (χ0v) is 8.11. The Balaban J connectivity index is 2.18. The molecule has 2 unspecified atom stereocenters. The Morgan fingerprint density at radius 2 is 2.10 bits per heavy atom. The molecule has 0 spiro atoms. The molecule has 0 aromatic carbocycles. The van der Waals surface area contributed by atoms with E-state index in [1.165, 1.54) is 19.3 Å². The predicted molar refractivity (Wildman–Crippen MR) is 44.8 cm³/mol. The number of epoxide rings is 1. The Kier molecular flexibility index (Phi) is 1.14. The average molecular weight is 156 g/mol. The Morgan fingerprint density at radius 1 is 1.40 bits per heavy atom. The van der Waals surface area contributed by atoms with Crippen LogP contribution in [0.25, 0.3) is 0 Å². The van der Waals surface area contributed by atoms with E-state index in [0.29, 0.717) is 11.3 Å². The Hall–Kier alpha value is 0.177. The van der Waals surface area contributed by atoms with E-state index in [0.717, 1.165) is 0 Å². The maximum absolute atomic E-state index is 5.77. The summed E-state index contributed by atoms with van der Waals surface area (Å²) >= 11 is 0. The van der Waals surface area contributed by atoms with Crippen LogP contribution in [-0.4, -0.2) is 19.4 Å². The van der Waals surface area contributed by atoms with Gasteiger partial charge in [-0.3, -0.25) is 0 Å². The summed E-state index contributed by atoms with van der Waals surface area (Å²) in [5.41, 5.74) is 0. The van der Waals surface area contributed by atoms with Gasteiger partial charge in [0.25, 0.3) is 0 Å². The van der Waals surface area contributed by atoms with Crippen molar-refractivity contribution in [2.24, 2.45) is 0 Å². The van der Waals surface area contributed by atoms with Crippen LogP contribution in [0.1, 0.15) is 19.3 Å². The topological polar surface area (TPSA) is 12.5 Å². The first-order valence-electron chi connectivity index (χ1n) is 4.24. The van der Waals surface area contributed by atoms with Crippen LogP contribution >= 0.6 is 0 Å². The van der Waals surface area contributed by atoms with Crippen LogP contribution in [0.3, 0.4) is 0 Å². The molecule has 2 aliphatic rings. The largest absolute Gasteiger partial charge is 0.370 e. The third-order valence-corrected chi connectivity index (χ3v) is 6.33. The van der Waals surface area contributed by atoms with Gasteiger partial charge >= 0.3 is 0 Å². The monoisotopic (exact) mass is 156 g/mol. The molecule has 2 rings (SSSR count). The fourth-order valence-corrected chi connectivity index (χ4v) is 4.85. The van der Waals surface area contributed by atoms with Crippen molar-refractivity contribution in [2.75, 3.05) is 0 Å². The molecule has 0 amide bonds. The minimum Gasteiger partial charge on any atom is -0.370 e. The molecular formula is C8H16OSi. The molecule has 2 heteroatoms. The SMILES string of the molecule is C[Si](C)(C)C12CCCC1O2. The van der Waals surface area contributed by atoms with E-state index < -0.39 is 8.07 Å². The highest BCUT2D eigenvalue weighted by Crippen LogP contribution is 2.54. The van der Waals surface area contributed by atoms with Crippen molar-refractivity contribution >= 4 is 8.07 Å². The molecule has 0 bridgehead atoms. The summed E-state index contributed by atoms with van der Waals surface area (Å²) in [6, 6.07) is 0. The summed E-state index contributed by atoms with van der Waals surface area (Å²) in [6.45, 7) is 7.29. The Labute approximate surface area is 63.8 Å². The molecule has 1 saturated heterocycles. The highest BCUT2D eigenvalue weighted by Gasteiger charge is 2.65. The Bertz CT molecular complexity index is 161. The highest BCUT2D eigenvalue weighted by atomic mass is 28.3. The molecule has 1 saturated carbocycles. The summed E-state index contributed by atoms with van der Waals surface area (Å²) in [4.78, 5) is 0. The van der Waals surface area contributed by atoms with E-state index in [2.05, 4.69) is 19.6 Å². The third kappa shape index (κ3) is 0.664. The zero-order chi connectivity index (χ0) is 7.41. The van der Waals surface area contributed by atoms with Gasteiger partial charge in [-0.2, -0.15) is 0 Å². The minimum absolute atomic E-state index is 0.438. The van der Waals surface area contributed by atoms with Crippen molar-refractivity contribution in [3.05, 3.63) is 0 Å². The van der Waals surface area contributed by atoms with Gasteiger partial charge in [0.05, 0.1) is 19.4 Å². The fraction of sp³-hybridized carbons (Fsp3) is 1.00. The number of rotatable bonds is 1. The van der Waals surface area contributed by atoms with Crippen molar-refractivity contribution in [2.45, 2.75) is 50.2 Å². The van der Waals surface area contributed by atoms with Crippen LogP contribution in [-0.2, 0) is 4.74 Å². The van der Waals surface area contributed by atoms with E-state index >= 15 is 0 Å². The Morgan fingerprint density at radius 3 is 2.30 bits per heavy atom. The van der Waals surface area contributed by atoms with Crippen molar-refractivity contribution in [3.8, 4) is 0 Å². The molecule has 2 atom stereocenters. The third-order valence-electron chi connectivity index (χ3n) is 3.10. The van der Waals surface area contributed by atoms with Crippen LogP contribution < -0.4 is 0 Å².